The Bertz CT molecular complexity index is 605. The number of oxime groups is 1. The summed E-state index contributed by atoms with van der Waals surface area (Å²) in [6.45, 7) is 0. The molecule has 0 aliphatic rings. The molecule has 0 atom stereocenters. The van der Waals surface area contributed by atoms with Crippen molar-refractivity contribution in [2.75, 3.05) is 0 Å². The van der Waals surface area contributed by atoms with Crippen molar-refractivity contribution in [1.82, 2.24) is 9.78 Å². The van der Waals surface area contributed by atoms with Gasteiger partial charge in [0.05, 0.1) is 23.8 Å². The second-order valence-electron chi connectivity index (χ2n) is 3.80. The Kier molecular flexibility index (Phi) is 4.07. The van der Waals surface area contributed by atoms with Crippen LogP contribution in [0, 0.1) is 0 Å². The van der Waals surface area contributed by atoms with E-state index in [9.17, 15) is 13.2 Å². The average molecular weight is 305 g/mol. The van der Waals surface area contributed by atoms with Gasteiger partial charge in [0.2, 0.25) is 0 Å². The quantitative estimate of drug-likeness (QED) is 0.408. The van der Waals surface area contributed by atoms with Crippen molar-refractivity contribution in [3.05, 3.63) is 35.4 Å². The van der Waals surface area contributed by atoms with E-state index in [1.807, 2.05) is 0 Å². The van der Waals surface area contributed by atoms with Gasteiger partial charge in [-0.1, -0.05) is 16.9 Å². The summed E-state index contributed by atoms with van der Waals surface area (Å²) in [7, 11) is 1.40. The van der Waals surface area contributed by atoms with E-state index in [-0.39, 0.29) is 10.6 Å². The van der Waals surface area contributed by atoms with Crippen LogP contribution < -0.4 is 0 Å². The van der Waals surface area contributed by atoms with Crippen molar-refractivity contribution >= 4 is 18.0 Å². The van der Waals surface area contributed by atoms with Crippen molar-refractivity contribution < 1.29 is 22.8 Å². The summed E-state index contributed by atoms with van der Waals surface area (Å²) in [5, 5.41) is 14.9. The summed E-state index contributed by atoms with van der Waals surface area (Å²) in [6, 6.07) is 3.41. The average Bonchev–Trinajstić information content (AvgIpc) is 2.96. The van der Waals surface area contributed by atoms with Crippen LogP contribution in [0.3, 0.4) is 0 Å². The minimum Gasteiger partial charge on any atom is -0.468 e. The van der Waals surface area contributed by atoms with E-state index in [4.69, 9.17) is 9.62 Å². The number of alkyl halides is 3. The van der Waals surface area contributed by atoms with Gasteiger partial charge in [-0.3, -0.25) is 4.68 Å². The van der Waals surface area contributed by atoms with E-state index in [0.29, 0.717) is 11.5 Å². The number of aryl methyl sites for hydroxylation is 1. The van der Waals surface area contributed by atoms with Gasteiger partial charge in [0, 0.05) is 7.05 Å². The molecule has 0 amide bonds. The minimum atomic E-state index is -4.61. The first-order valence-corrected chi connectivity index (χ1v) is 6.39. The summed E-state index contributed by atoms with van der Waals surface area (Å²) in [6.07, 6.45) is -2.39. The molecule has 2 aromatic heterocycles. The van der Waals surface area contributed by atoms with Crippen molar-refractivity contribution in [1.29, 1.82) is 0 Å². The number of rotatable bonds is 4. The fourth-order valence-corrected chi connectivity index (χ4v) is 2.59. The third kappa shape index (κ3) is 2.98. The van der Waals surface area contributed by atoms with Gasteiger partial charge < -0.3 is 9.62 Å². The number of furan rings is 1. The summed E-state index contributed by atoms with van der Waals surface area (Å²) in [4.78, 5) is 0. The molecule has 108 valence electrons. The van der Waals surface area contributed by atoms with Crippen molar-refractivity contribution in [2.45, 2.75) is 17.0 Å². The monoisotopic (exact) mass is 305 g/mol. The zero-order valence-corrected chi connectivity index (χ0v) is 11.1. The van der Waals surface area contributed by atoms with Crippen LogP contribution in [0.1, 0.15) is 17.0 Å². The maximum Gasteiger partial charge on any atom is 0.435 e. The number of hydrogen-bond acceptors (Lipinski definition) is 5. The van der Waals surface area contributed by atoms with Crippen LogP contribution >= 0.6 is 11.8 Å². The van der Waals surface area contributed by atoms with Gasteiger partial charge in [-0.05, 0) is 12.1 Å². The number of halogens is 3. The molecular weight excluding hydrogens is 295 g/mol. The Balaban J connectivity index is 2.34. The van der Waals surface area contributed by atoms with Crippen molar-refractivity contribution in [3.63, 3.8) is 0 Å². The highest BCUT2D eigenvalue weighted by molar-refractivity contribution is 7.98. The normalized spacial score (nSPS) is 12.4. The van der Waals surface area contributed by atoms with E-state index in [1.54, 1.807) is 12.1 Å². The van der Waals surface area contributed by atoms with Crippen LogP contribution in [0.15, 0.2) is 33.0 Å². The van der Waals surface area contributed by atoms with Crippen LogP contribution in [0.4, 0.5) is 13.2 Å². The summed E-state index contributed by atoms with van der Waals surface area (Å²) < 4.78 is 44.7. The molecule has 0 aromatic carbocycles. The molecular formula is C11H10F3N3O2S. The molecule has 2 rings (SSSR count). The molecule has 0 bridgehead atoms. The van der Waals surface area contributed by atoms with Crippen LogP contribution in [0.2, 0.25) is 0 Å². The fourth-order valence-electron chi connectivity index (χ4n) is 1.61. The van der Waals surface area contributed by atoms with E-state index >= 15 is 0 Å². The van der Waals surface area contributed by atoms with Gasteiger partial charge in [0.15, 0.2) is 5.69 Å². The van der Waals surface area contributed by atoms with E-state index < -0.39 is 11.9 Å². The zero-order valence-electron chi connectivity index (χ0n) is 10.3. The molecule has 20 heavy (non-hydrogen) atoms. The SMILES string of the molecule is Cn1nc(C(F)(F)F)c(C=NO)c1SCc1ccco1. The van der Waals surface area contributed by atoms with Crippen LogP contribution in [0.25, 0.3) is 0 Å². The lowest BCUT2D eigenvalue weighted by molar-refractivity contribution is -0.141. The number of aromatic nitrogens is 2. The first-order valence-electron chi connectivity index (χ1n) is 5.40. The molecule has 1 N–H and O–H groups in total. The van der Waals surface area contributed by atoms with Gasteiger partial charge >= 0.3 is 6.18 Å². The summed E-state index contributed by atoms with van der Waals surface area (Å²) in [5.41, 5.74) is -1.35. The van der Waals surface area contributed by atoms with Crippen molar-refractivity contribution in [3.8, 4) is 0 Å². The molecule has 0 radical (unpaired) electrons. The Morgan fingerprint density at radius 1 is 1.55 bits per heavy atom. The Morgan fingerprint density at radius 3 is 2.85 bits per heavy atom. The van der Waals surface area contributed by atoms with Crippen molar-refractivity contribution in [2.24, 2.45) is 12.2 Å². The Morgan fingerprint density at radius 2 is 2.30 bits per heavy atom. The standard InChI is InChI=1S/C11H10F3N3O2S/c1-17-10(20-6-7-3-2-4-19-7)8(5-15-18)9(16-17)11(12,13)14/h2-5,18H,6H2,1H3. The predicted octanol–water partition coefficient (Wildman–Crippen LogP) is 3.13. The van der Waals surface area contributed by atoms with Gasteiger partial charge in [-0.25, -0.2) is 0 Å². The minimum absolute atomic E-state index is 0.242. The Labute approximate surface area is 116 Å². The highest BCUT2D eigenvalue weighted by Gasteiger charge is 2.38. The lowest BCUT2D eigenvalue weighted by Gasteiger charge is -2.03. The van der Waals surface area contributed by atoms with Crippen LogP contribution in [-0.2, 0) is 19.0 Å². The molecule has 2 aromatic rings. The number of nitrogens with zero attached hydrogens (tertiary/aromatic N) is 3. The van der Waals surface area contributed by atoms with E-state index in [0.717, 1.165) is 22.7 Å². The van der Waals surface area contributed by atoms with Gasteiger partial charge in [0.25, 0.3) is 0 Å². The van der Waals surface area contributed by atoms with Gasteiger partial charge in [0.1, 0.15) is 10.8 Å². The second kappa shape index (κ2) is 5.61. The molecule has 9 heteroatoms. The molecule has 0 spiro atoms. The maximum absolute atomic E-state index is 12.8. The van der Waals surface area contributed by atoms with Gasteiger partial charge in [-0.15, -0.1) is 0 Å². The number of thioether (sulfide) groups is 1. The highest BCUT2D eigenvalue weighted by Crippen LogP contribution is 2.35. The zero-order chi connectivity index (χ0) is 14.8. The molecule has 0 saturated carbocycles. The summed E-state index contributed by atoms with van der Waals surface area (Å²) >= 11 is 1.11. The molecule has 0 aliphatic heterocycles. The lowest BCUT2D eigenvalue weighted by Crippen LogP contribution is -2.09. The summed E-state index contributed by atoms with van der Waals surface area (Å²) in [5.74, 6) is 0.965. The molecule has 0 unspecified atom stereocenters. The van der Waals surface area contributed by atoms with Crippen LogP contribution in [0.5, 0.6) is 0 Å². The third-order valence-corrected chi connectivity index (χ3v) is 3.60. The van der Waals surface area contributed by atoms with Gasteiger partial charge in [-0.2, -0.15) is 18.3 Å². The molecule has 0 aliphatic carbocycles. The molecule has 0 fully saturated rings. The maximum atomic E-state index is 12.8. The molecule has 2 heterocycles. The molecule has 0 saturated heterocycles. The topological polar surface area (TPSA) is 63.5 Å². The van der Waals surface area contributed by atoms with E-state index in [2.05, 4.69) is 10.3 Å². The second-order valence-corrected chi connectivity index (χ2v) is 4.77. The largest absolute Gasteiger partial charge is 0.468 e. The Hall–Kier alpha value is -1.90. The fraction of sp³-hybridized carbons (Fsp3) is 0.273. The predicted molar refractivity (Wildman–Crippen MR) is 65.9 cm³/mol. The first kappa shape index (κ1) is 14.5. The highest BCUT2D eigenvalue weighted by atomic mass is 32.2. The smallest absolute Gasteiger partial charge is 0.435 e. The van der Waals surface area contributed by atoms with Crippen LogP contribution in [-0.4, -0.2) is 21.2 Å². The lowest BCUT2D eigenvalue weighted by atomic mass is 10.2. The first-order chi connectivity index (χ1) is 9.43. The molecule has 5 nitrogen and oxygen atoms in total. The number of hydrogen-bond donors (Lipinski definition) is 1. The van der Waals surface area contributed by atoms with E-state index in [1.165, 1.54) is 13.3 Å². The third-order valence-electron chi connectivity index (χ3n) is 2.42.